The molecule has 0 aliphatic carbocycles. The molecule has 1 N–H and O–H groups in total. The van der Waals surface area contributed by atoms with Gasteiger partial charge in [0.15, 0.2) is 11.5 Å². The lowest BCUT2D eigenvalue weighted by Gasteiger charge is -2.27. The van der Waals surface area contributed by atoms with Gasteiger partial charge in [-0.3, -0.25) is 14.5 Å². The Labute approximate surface area is 187 Å². The normalized spacial score (nSPS) is 15.7. The Balaban J connectivity index is 1.45. The molecule has 2 aromatic carbocycles. The van der Waals surface area contributed by atoms with E-state index in [-0.39, 0.29) is 23.5 Å². The number of nitrogens with zero attached hydrogens (tertiary/aromatic N) is 3. The summed E-state index contributed by atoms with van der Waals surface area (Å²) in [5.41, 5.74) is 2.75. The summed E-state index contributed by atoms with van der Waals surface area (Å²) in [7, 11) is 0. The van der Waals surface area contributed by atoms with Gasteiger partial charge in [-0.25, -0.2) is 0 Å². The number of amides is 1. The molecule has 0 spiro atoms. The highest BCUT2D eigenvalue weighted by Crippen LogP contribution is 2.31. The molecule has 164 valence electrons. The van der Waals surface area contributed by atoms with Crippen LogP contribution in [0.4, 0.5) is 11.4 Å². The zero-order valence-corrected chi connectivity index (χ0v) is 18.3. The van der Waals surface area contributed by atoms with Gasteiger partial charge in [0.05, 0.1) is 23.4 Å². The highest BCUT2D eigenvalue weighted by Gasteiger charge is 2.27. The van der Waals surface area contributed by atoms with E-state index in [0.29, 0.717) is 16.8 Å². The fourth-order valence-corrected chi connectivity index (χ4v) is 4.14. The second-order valence-electron chi connectivity index (χ2n) is 8.06. The number of furan rings is 1. The molecule has 1 atom stereocenters. The molecule has 1 aliphatic rings. The first-order valence-electron chi connectivity index (χ1n) is 10.8. The topological polar surface area (TPSA) is 89.6 Å². The van der Waals surface area contributed by atoms with Crippen molar-refractivity contribution in [1.82, 2.24) is 4.90 Å². The van der Waals surface area contributed by atoms with Crippen LogP contribution in [0.15, 0.2) is 52.9 Å². The number of anilines is 2. The Morgan fingerprint density at radius 2 is 1.81 bits per heavy atom. The summed E-state index contributed by atoms with van der Waals surface area (Å²) < 4.78 is 5.68. The van der Waals surface area contributed by atoms with Crippen molar-refractivity contribution in [2.45, 2.75) is 26.3 Å². The maximum atomic E-state index is 13.1. The molecule has 1 unspecified atom stereocenters. The van der Waals surface area contributed by atoms with Gasteiger partial charge in [0, 0.05) is 44.2 Å². The Morgan fingerprint density at radius 1 is 1.06 bits per heavy atom. The number of carbonyl (C=O) groups is 2. The van der Waals surface area contributed by atoms with Gasteiger partial charge in [0.25, 0.3) is 0 Å². The third-order valence-corrected chi connectivity index (χ3v) is 5.98. The van der Waals surface area contributed by atoms with Crippen LogP contribution in [-0.2, 0) is 4.79 Å². The third-order valence-electron chi connectivity index (χ3n) is 5.98. The van der Waals surface area contributed by atoms with E-state index in [9.17, 15) is 9.59 Å². The number of ketones is 1. The molecule has 0 saturated carbocycles. The van der Waals surface area contributed by atoms with Crippen molar-refractivity contribution in [1.29, 1.82) is 5.26 Å². The number of Topliss-reactive ketones (excluding diaryl/α,β-unsaturated/α-hetero) is 1. The SMILES string of the molecule is CC(=O)c1oc2ccccc2c1NC(=O)C(C)N1CCCN(c2ccc(C#N)cc2)CC1. The Kier molecular flexibility index (Phi) is 6.24. The molecule has 4 rings (SSSR count). The van der Waals surface area contributed by atoms with Crippen LogP contribution in [0.25, 0.3) is 11.0 Å². The van der Waals surface area contributed by atoms with Gasteiger partial charge in [-0.15, -0.1) is 0 Å². The van der Waals surface area contributed by atoms with Crippen LogP contribution < -0.4 is 10.2 Å². The van der Waals surface area contributed by atoms with Gasteiger partial charge < -0.3 is 14.6 Å². The zero-order chi connectivity index (χ0) is 22.7. The molecule has 32 heavy (non-hydrogen) atoms. The monoisotopic (exact) mass is 430 g/mol. The lowest BCUT2D eigenvalue weighted by molar-refractivity contribution is -0.120. The van der Waals surface area contributed by atoms with Gasteiger partial charge >= 0.3 is 0 Å². The lowest BCUT2D eigenvalue weighted by atomic mass is 10.1. The van der Waals surface area contributed by atoms with E-state index in [1.165, 1.54) is 6.92 Å². The van der Waals surface area contributed by atoms with Crippen LogP contribution in [0.5, 0.6) is 0 Å². The average molecular weight is 431 g/mol. The number of para-hydroxylation sites is 1. The molecule has 0 radical (unpaired) electrons. The van der Waals surface area contributed by atoms with E-state index in [0.717, 1.165) is 43.7 Å². The number of rotatable bonds is 5. The minimum Gasteiger partial charge on any atom is -0.451 e. The van der Waals surface area contributed by atoms with Crippen LogP contribution in [0.1, 0.15) is 36.4 Å². The van der Waals surface area contributed by atoms with Gasteiger partial charge in [0.1, 0.15) is 5.58 Å². The number of benzene rings is 2. The van der Waals surface area contributed by atoms with E-state index < -0.39 is 0 Å². The predicted molar refractivity (Wildman–Crippen MR) is 124 cm³/mol. The quantitative estimate of drug-likeness (QED) is 0.615. The molecular formula is C25H26N4O3. The van der Waals surface area contributed by atoms with E-state index in [1.54, 1.807) is 6.07 Å². The standard InChI is InChI=1S/C25H26N4O3/c1-17(25(31)27-23-21-6-3-4-7-22(21)32-24(23)18(2)30)28-12-5-13-29(15-14-28)20-10-8-19(16-26)9-11-20/h3-4,6-11,17H,5,12-15H2,1-2H3,(H,27,31). The van der Waals surface area contributed by atoms with Crippen LogP contribution >= 0.6 is 0 Å². The molecule has 7 nitrogen and oxygen atoms in total. The van der Waals surface area contributed by atoms with Gasteiger partial charge in [-0.2, -0.15) is 5.26 Å². The largest absolute Gasteiger partial charge is 0.451 e. The van der Waals surface area contributed by atoms with Crippen LogP contribution in [0.2, 0.25) is 0 Å². The number of nitriles is 1. The summed E-state index contributed by atoms with van der Waals surface area (Å²) >= 11 is 0. The average Bonchev–Trinajstić information content (AvgIpc) is 3.00. The molecule has 1 fully saturated rings. The number of hydrogen-bond acceptors (Lipinski definition) is 6. The molecule has 2 heterocycles. The van der Waals surface area contributed by atoms with Crippen molar-refractivity contribution < 1.29 is 14.0 Å². The summed E-state index contributed by atoms with van der Waals surface area (Å²) in [5.74, 6) is -0.211. The summed E-state index contributed by atoms with van der Waals surface area (Å²) in [5, 5.41) is 12.7. The van der Waals surface area contributed by atoms with Crippen molar-refractivity contribution >= 4 is 34.0 Å². The molecule has 1 aromatic heterocycles. The first-order valence-corrected chi connectivity index (χ1v) is 10.8. The summed E-state index contributed by atoms with van der Waals surface area (Å²) in [6.07, 6.45) is 0.922. The number of hydrogen-bond donors (Lipinski definition) is 1. The fourth-order valence-electron chi connectivity index (χ4n) is 4.14. The van der Waals surface area contributed by atoms with Crippen LogP contribution in [0, 0.1) is 11.3 Å². The summed E-state index contributed by atoms with van der Waals surface area (Å²) in [6, 6.07) is 16.7. The Bertz CT molecular complexity index is 1180. The fraction of sp³-hybridized carbons (Fsp3) is 0.320. The van der Waals surface area contributed by atoms with Crippen molar-refractivity contribution in [3.63, 3.8) is 0 Å². The minimum absolute atomic E-state index is 0.161. The first-order chi connectivity index (χ1) is 15.5. The molecule has 1 aliphatic heterocycles. The van der Waals surface area contributed by atoms with Crippen LogP contribution in [0.3, 0.4) is 0 Å². The Hall–Kier alpha value is -3.63. The van der Waals surface area contributed by atoms with Crippen molar-refractivity contribution in [2.24, 2.45) is 0 Å². The van der Waals surface area contributed by atoms with Crippen molar-refractivity contribution in [3.05, 3.63) is 59.9 Å². The first kappa shape index (κ1) is 21.6. The smallest absolute Gasteiger partial charge is 0.241 e. The van der Waals surface area contributed by atoms with E-state index in [4.69, 9.17) is 9.68 Å². The second kappa shape index (κ2) is 9.25. The van der Waals surface area contributed by atoms with E-state index >= 15 is 0 Å². The summed E-state index contributed by atoms with van der Waals surface area (Å²) in [4.78, 5) is 29.6. The number of carbonyl (C=O) groups excluding carboxylic acids is 2. The highest BCUT2D eigenvalue weighted by molar-refractivity contribution is 6.11. The van der Waals surface area contributed by atoms with Crippen molar-refractivity contribution in [3.8, 4) is 6.07 Å². The molecule has 1 amide bonds. The predicted octanol–water partition coefficient (Wildman–Crippen LogP) is 4.05. The number of nitrogens with one attached hydrogen (secondary N) is 1. The second-order valence-corrected chi connectivity index (χ2v) is 8.06. The Morgan fingerprint density at radius 3 is 2.53 bits per heavy atom. The molecule has 0 bridgehead atoms. The van der Waals surface area contributed by atoms with E-state index in [2.05, 4.69) is 21.2 Å². The molecule has 7 heteroatoms. The molecular weight excluding hydrogens is 404 g/mol. The third kappa shape index (κ3) is 4.36. The maximum absolute atomic E-state index is 13.1. The lowest BCUT2D eigenvalue weighted by Crippen LogP contribution is -2.44. The van der Waals surface area contributed by atoms with Crippen LogP contribution in [-0.4, -0.2) is 48.8 Å². The highest BCUT2D eigenvalue weighted by atomic mass is 16.3. The van der Waals surface area contributed by atoms with Gasteiger partial charge in [-0.1, -0.05) is 12.1 Å². The number of fused-ring (bicyclic) bond motifs is 1. The van der Waals surface area contributed by atoms with Gasteiger partial charge in [0.2, 0.25) is 5.91 Å². The molecule has 1 saturated heterocycles. The van der Waals surface area contributed by atoms with Crippen molar-refractivity contribution in [2.75, 3.05) is 36.4 Å². The van der Waals surface area contributed by atoms with Gasteiger partial charge in [-0.05, 0) is 49.7 Å². The maximum Gasteiger partial charge on any atom is 0.241 e. The summed E-state index contributed by atoms with van der Waals surface area (Å²) in [6.45, 7) is 6.54. The van der Waals surface area contributed by atoms with E-state index in [1.807, 2.05) is 49.4 Å². The minimum atomic E-state index is -0.357. The zero-order valence-electron chi connectivity index (χ0n) is 18.3. The molecule has 3 aromatic rings.